The van der Waals surface area contributed by atoms with E-state index in [0.29, 0.717) is 10.9 Å². The molecule has 2 rings (SSSR count). The highest BCUT2D eigenvalue weighted by Gasteiger charge is 2.14. The first-order chi connectivity index (χ1) is 7.74. The van der Waals surface area contributed by atoms with E-state index < -0.39 is 0 Å². The Labute approximate surface area is 99.0 Å². The van der Waals surface area contributed by atoms with Gasteiger partial charge in [0.2, 0.25) is 0 Å². The van der Waals surface area contributed by atoms with Crippen molar-refractivity contribution in [2.75, 3.05) is 7.11 Å². The third-order valence-corrected chi connectivity index (χ3v) is 2.58. The lowest BCUT2D eigenvalue weighted by Gasteiger charge is -2.11. The Morgan fingerprint density at radius 3 is 2.44 bits per heavy atom. The van der Waals surface area contributed by atoms with E-state index in [-0.39, 0.29) is 0 Å². The molecule has 0 aliphatic rings. The van der Waals surface area contributed by atoms with Crippen LogP contribution in [0.1, 0.15) is 5.69 Å². The van der Waals surface area contributed by atoms with Gasteiger partial charge in [-0.05, 0) is 12.5 Å². The predicted octanol–water partition coefficient (Wildman–Crippen LogP) is 3.11. The third-order valence-electron chi connectivity index (χ3n) is 2.32. The Kier molecular flexibility index (Phi) is 3.06. The molecule has 0 saturated heterocycles. The molecule has 3 nitrogen and oxygen atoms in total. The number of hydrogen-bond donors (Lipinski definition) is 0. The molecule has 4 heteroatoms. The lowest BCUT2D eigenvalue weighted by Crippen LogP contribution is -1.97. The molecule has 0 radical (unpaired) electrons. The molecule has 16 heavy (non-hydrogen) atoms. The molecule has 0 unspecified atom stereocenters. The monoisotopic (exact) mass is 234 g/mol. The van der Waals surface area contributed by atoms with Crippen LogP contribution in [0.2, 0.25) is 5.15 Å². The molecular weight excluding hydrogens is 224 g/mol. The molecule has 0 amide bonds. The Bertz CT molecular complexity index is 500. The first-order valence-corrected chi connectivity index (χ1v) is 5.24. The maximum atomic E-state index is 6.06. The van der Waals surface area contributed by atoms with Crippen molar-refractivity contribution < 1.29 is 4.74 Å². The minimum absolute atomic E-state index is 0.355. The minimum atomic E-state index is 0.355. The Morgan fingerprint density at radius 1 is 1.12 bits per heavy atom. The van der Waals surface area contributed by atoms with Crippen LogP contribution in [0.5, 0.6) is 5.75 Å². The SMILES string of the molecule is COc1c(C)nnc(Cl)c1-c1ccccc1. The van der Waals surface area contributed by atoms with Gasteiger partial charge < -0.3 is 4.74 Å². The molecule has 1 heterocycles. The van der Waals surface area contributed by atoms with Gasteiger partial charge in [0.1, 0.15) is 5.69 Å². The number of ether oxygens (including phenoxy) is 1. The van der Waals surface area contributed by atoms with Crippen LogP contribution in [-0.4, -0.2) is 17.3 Å². The molecule has 82 valence electrons. The van der Waals surface area contributed by atoms with Crippen LogP contribution in [0.15, 0.2) is 30.3 Å². The molecule has 1 aromatic carbocycles. The summed E-state index contributed by atoms with van der Waals surface area (Å²) >= 11 is 6.06. The van der Waals surface area contributed by atoms with Gasteiger partial charge in [-0.25, -0.2) is 0 Å². The fraction of sp³-hybridized carbons (Fsp3) is 0.167. The van der Waals surface area contributed by atoms with E-state index in [0.717, 1.165) is 16.8 Å². The van der Waals surface area contributed by atoms with Crippen molar-refractivity contribution in [3.8, 4) is 16.9 Å². The van der Waals surface area contributed by atoms with Gasteiger partial charge in [0.05, 0.1) is 12.7 Å². The fourth-order valence-electron chi connectivity index (χ4n) is 1.59. The molecule has 0 saturated carbocycles. The van der Waals surface area contributed by atoms with Gasteiger partial charge >= 0.3 is 0 Å². The summed E-state index contributed by atoms with van der Waals surface area (Å²) in [6.07, 6.45) is 0. The van der Waals surface area contributed by atoms with Crippen molar-refractivity contribution >= 4 is 11.6 Å². The van der Waals surface area contributed by atoms with Crippen LogP contribution in [0.4, 0.5) is 0 Å². The number of nitrogens with zero attached hydrogens (tertiary/aromatic N) is 2. The van der Waals surface area contributed by atoms with Gasteiger partial charge in [-0.3, -0.25) is 0 Å². The summed E-state index contributed by atoms with van der Waals surface area (Å²) in [7, 11) is 1.60. The lowest BCUT2D eigenvalue weighted by atomic mass is 10.1. The standard InChI is InChI=1S/C12H11ClN2O/c1-8-11(16-2)10(12(13)15-14-8)9-6-4-3-5-7-9/h3-7H,1-2H3. The number of benzene rings is 1. The van der Waals surface area contributed by atoms with Crippen LogP contribution in [-0.2, 0) is 0 Å². The van der Waals surface area contributed by atoms with Crippen molar-refractivity contribution in [1.29, 1.82) is 0 Å². The zero-order valence-electron chi connectivity index (χ0n) is 9.07. The quantitative estimate of drug-likeness (QED) is 0.801. The molecule has 0 aliphatic heterocycles. The summed E-state index contributed by atoms with van der Waals surface area (Å²) in [5, 5.41) is 8.18. The van der Waals surface area contributed by atoms with Gasteiger partial charge in [-0.15, -0.1) is 5.10 Å². The van der Waals surface area contributed by atoms with Crippen LogP contribution >= 0.6 is 11.6 Å². The zero-order chi connectivity index (χ0) is 11.5. The first kappa shape index (κ1) is 10.9. The van der Waals surface area contributed by atoms with E-state index in [1.54, 1.807) is 7.11 Å². The van der Waals surface area contributed by atoms with Gasteiger partial charge in [0.25, 0.3) is 0 Å². The highest BCUT2D eigenvalue weighted by atomic mass is 35.5. The van der Waals surface area contributed by atoms with E-state index >= 15 is 0 Å². The van der Waals surface area contributed by atoms with E-state index in [1.807, 2.05) is 37.3 Å². The number of hydrogen-bond acceptors (Lipinski definition) is 3. The summed E-state index contributed by atoms with van der Waals surface area (Å²) in [4.78, 5) is 0. The summed E-state index contributed by atoms with van der Waals surface area (Å²) in [6.45, 7) is 1.84. The van der Waals surface area contributed by atoms with Crippen LogP contribution < -0.4 is 4.74 Å². The topological polar surface area (TPSA) is 35.0 Å². The van der Waals surface area contributed by atoms with E-state index in [4.69, 9.17) is 16.3 Å². The summed E-state index contributed by atoms with van der Waals surface area (Å²) < 4.78 is 5.32. The van der Waals surface area contributed by atoms with Crippen molar-refractivity contribution in [2.45, 2.75) is 6.92 Å². The van der Waals surface area contributed by atoms with Gasteiger partial charge in [-0.2, -0.15) is 5.10 Å². The highest BCUT2D eigenvalue weighted by molar-refractivity contribution is 6.32. The molecule has 1 aromatic heterocycles. The largest absolute Gasteiger partial charge is 0.494 e. The molecule has 0 N–H and O–H groups in total. The number of halogens is 1. The predicted molar refractivity (Wildman–Crippen MR) is 63.8 cm³/mol. The Balaban J connectivity index is 2.68. The summed E-state index contributed by atoms with van der Waals surface area (Å²) in [6, 6.07) is 9.77. The van der Waals surface area contributed by atoms with Crippen molar-refractivity contribution in [2.24, 2.45) is 0 Å². The van der Waals surface area contributed by atoms with Crippen molar-refractivity contribution in [3.63, 3.8) is 0 Å². The second kappa shape index (κ2) is 4.49. The van der Waals surface area contributed by atoms with Gasteiger partial charge in [0, 0.05) is 0 Å². The van der Waals surface area contributed by atoms with Gasteiger partial charge in [0.15, 0.2) is 10.9 Å². The second-order valence-corrected chi connectivity index (χ2v) is 3.71. The number of methoxy groups -OCH3 is 1. The van der Waals surface area contributed by atoms with E-state index in [1.165, 1.54) is 0 Å². The molecule has 0 fully saturated rings. The van der Waals surface area contributed by atoms with Crippen molar-refractivity contribution in [3.05, 3.63) is 41.2 Å². The maximum absolute atomic E-state index is 6.06. The number of aromatic nitrogens is 2. The first-order valence-electron chi connectivity index (χ1n) is 4.86. The van der Waals surface area contributed by atoms with E-state index in [9.17, 15) is 0 Å². The second-order valence-electron chi connectivity index (χ2n) is 3.35. The average Bonchev–Trinajstić information content (AvgIpc) is 2.33. The third kappa shape index (κ3) is 1.86. The zero-order valence-corrected chi connectivity index (χ0v) is 9.82. The normalized spacial score (nSPS) is 10.2. The van der Waals surface area contributed by atoms with Gasteiger partial charge in [-0.1, -0.05) is 41.9 Å². The lowest BCUT2D eigenvalue weighted by molar-refractivity contribution is 0.409. The van der Waals surface area contributed by atoms with Crippen LogP contribution in [0.3, 0.4) is 0 Å². The molecule has 2 aromatic rings. The smallest absolute Gasteiger partial charge is 0.163 e. The number of aryl methyl sites for hydroxylation is 1. The molecule has 0 bridgehead atoms. The molecule has 0 spiro atoms. The Morgan fingerprint density at radius 2 is 1.81 bits per heavy atom. The molecule has 0 aliphatic carbocycles. The minimum Gasteiger partial charge on any atom is -0.494 e. The summed E-state index contributed by atoms with van der Waals surface area (Å²) in [5.41, 5.74) is 2.49. The molecular formula is C12H11ClN2O. The van der Waals surface area contributed by atoms with Crippen LogP contribution in [0, 0.1) is 6.92 Å². The highest BCUT2D eigenvalue weighted by Crippen LogP contribution is 2.35. The number of rotatable bonds is 2. The average molecular weight is 235 g/mol. The van der Waals surface area contributed by atoms with Crippen molar-refractivity contribution in [1.82, 2.24) is 10.2 Å². The van der Waals surface area contributed by atoms with E-state index in [2.05, 4.69) is 10.2 Å². The fourth-order valence-corrected chi connectivity index (χ4v) is 1.83. The molecule has 0 atom stereocenters. The maximum Gasteiger partial charge on any atom is 0.163 e. The summed E-state index contributed by atoms with van der Waals surface area (Å²) in [5.74, 6) is 0.672. The van der Waals surface area contributed by atoms with Crippen LogP contribution in [0.25, 0.3) is 11.1 Å². The Hall–Kier alpha value is -1.61.